The van der Waals surface area contributed by atoms with Gasteiger partial charge in [0.15, 0.2) is 0 Å². The van der Waals surface area contributed by atoms with Gasteiger partial charge >= 0.3 is 0 Å². The summed E-state index contributed by atoms with van der Waals surface area (Å²) in [6, 6.07) is 0. The van der Waals surface area contributed by atoms with Gasteiger partial charge in [0, 0.05) is 11.3 Å². The lowest BCUT2D eigenvalue weighted by Crippen LogP contribution is -2.44. The van der Waals surface area contributed by atoms with Crippen LogP contribution in [0.2, 0.25) is 0 Å². The van der Waals surface area contributed by atoms with Crippen LogP contribution in [0.15, 0.2) is 0 Å². The van der Waals surface area contributed by atoms with E-state index in [-0.39, 0.29) is 0 Å². The van der Waals surface area contributed by atoms with E-state index in [0.29, 0.717) is 5.41 Å². The van der Waals surface area contributed by atoms with Crippen molar-refractivity contribution in [1.82, 2.24) is 0 Å². The van der Waals surface area contributed by atoms with Gasteiger partial charge in [0.1, 0.15) is 0 Å². The summed E-state index contributed by atoms with van der Waals surface area (Å²) in [4.78, 5) is 0. The average Bonchev–Trinajstić information content (AvgIpc) is 2.56. The monoisotopic (exact) mass is 358 g/mol. The molecule has 1 rings (SSSR count). The summed E-state index contributed by atoms with van der Waals surface area (Å²) in [6.45, 7) is 4.09. The van der Waals surface area contributed by atoms with Crippen LogP contribution in [0.3, 0.4) is 0 Å². The minimum Gasteiger partial charge on any atom is -0.380 e. The van der Waals surface area contributed by atoms with Gasteiger partial charge in [-0.2, -0.15) is 0 Å². The quantitative estimate of drug-likeness (QED) is 0.179. The molecular formula is C22H43ClO. The Hall–Kier alpha value is 0.250. The van der Waals surface area contributed by atoms with Gasteiger partial charge in [-0.1, -0.05) is 110 Å². The van der Waals surface area contributed by atoms with Crippen LogP contribution in [0.5, 0.6) is 0 Å². The third kappa shape index (κ3) is 11.0. The molecule has 144 valence electrons. The normalized spacial score (nSPS) is 16.2. The van der Waals surface area contributed by atoms with Crippen LogP contribution in [0.1, 0.15) is 116 Å². The van der Waals surface area contributed by atoms with E-state index in [1.54, 1.807) is 0 Å². The first kappa shape index (κ1) is 22.3. The van der Waals surface area contributed by atoms with E-state index >= 15 is 0 Å². The highest BCUT2D eigenvalue weighted by molar-refractivity contribution is 6.18. The fraction of sp³-hybridized carbons (Fsp3) is 1.00. The average molecular weight is 359 g/mol. The molecule has 0 aliphatic carbocycles. The summed E-state index contributed by atoms with van der Waals surface area (Å²) in [5.41, 5.74) is 0.345. The van der Waals surface area contributed by atoms with E-state index in [1.165, 1.54) is 109 Å². The molecule has 1 saturated heterocycles. The number of ether oxygens (including phenoxy) is 1. The molecule has 24 heavy (non-hydrogen) atoms. The SMILES string of the molecule is CCCCCCCCCCCCCCCCCCC1(CCl)COC1. The molecular weight excluding hydrogens is 316 g/mol. The Balaban J connectivity index is 1.69. The summed E-state index contributed by atoms with van der Waals surface area (Å²) in [7, 11) is 0. The van der Waals surface area contributed by atoms with Gasteiger partial charge in [-0.15, -0.1) is 11.6 Å². The van der Waals surface area contributed by atoms with Gasteiger partial charge in [0.25, 0.3) is 0 Å². The van der Waals surface area contributed by atoms with Crippen LogP contribution in [0.4, 0.5) is 0 Å². The van der Waals surface area contributed by atoms with Crippen molar-refractivity contribution < 1.29 is 4.74 Å². The molecule has 0 unspecified atom stereocenters. The van der Waals surface area contributed by atoms with E-state index in [4.69, 9.17) is 16.3 Å². The van der Waals surface area contributed by atoms with Gasteiger partial charge < -0.3 is 4.74 Å². The fourth-order valence-electron chi connectivity index (χ4n) is 3.73. The van der Waals surface area contributed by atoms with Crippen LogP contribution in [-0.4, -0.2) is 19.1 Å². The van der Waals surface area contributed by atoms with Gasteiger partial charge in [-0.3, -0.25) is 0 Å². The van der Waals surface area contributed by atoms with Crippen molar-refractivity contribution in [3.8, 4) is 0 Å². The zero-order valence-corrected chi connectivity index (χ0v) is 17.2. The Morgan fingerprint density at radius 2 is 1.00 bits per heavy atom. The molecule has 0 aromatic carbocycles. The highest BCUT2D eigenvalue weighted by atomic mass is 35.5. The smallest absolute Gasteiger partial charge is 0.0556 e. The molecule has 0 saturated carbocycles. The Morgan fingerprint density at radius 1 is 0.625 bits per heavy atom. The standard InChI is InChI=1S/C22H43ClO/c1-2-3-4-5-6-7-8-9-10-11-12-13-14-15-16-17-18-22(19-23)20-24-21-22/h2-21H2,1H3. The zero-order chi connectivity index (χ0) is 17.3. The predicted octanol–water partition coefficient (Wildman–Crippen LogP) is 7.89. The minimum absolute atomic E-state index is 0.345. The molecule has 1 aliphatic heterocycles. The van der Waals surface area contributed by atoms with E-state index in [1.807, 2.05) is 0 Å². The minimum atomic E-state index is 0.345. The Kier molecular flexibility index (Phi) is 14.4. The fourth-order valence-corrected chi connectivity index (χ4v) is 4.02. The summed E-state index contributed by atoms with van der Waals surface area (Å²) in [5, 5.41) is 0. The largest absolute Gasteiger partial charge is 0.380 e. The molecule has 0 radical (unpaired) electrons. The maximum atomic E-state index is 6.05. The highest BCUT2D eigenvalue weighted by Gasteiger charge is 2.36. The Bertz CT molecular complexity index is 257. The molecule has 1 aliphatic rings. The van der Waals surface area contributed by atoms with Crippen molar-refractivity contribution in [3.63, 3.8) is 0 Å². The Morgan fingerprint density at radius 3 is 1.29 bits per heavy atom. The maximum absolute atomic E-state index is 6.05. The molecule has 0 aromatic rings. The second kappa shape index (κ2) is 15.5. The molecule has 1 nitrogen and oxygen atoms in total. The van der Waals surface area contributed by atoms with Crippen molar-refractivity contribution in [2.75, 3.05) is 19.1 Å². The predicted molar refractivity (Wildman–Crippen MR) is 108 cm³/mol. The van der Waals surface area contributed by atoms with E-state index in [0.717, 1.165) is 19.1 Å². The van der Waals surface area contributed by atoms with Crippen molar-refractivity contribution in [3.05, 3.63) is 0 Å². The van der Waals surface area contributed by atoms with Gasteiger partial charge in [0.2, 0.25) is 0 Å². The van der Waals surface area contributed by atoms with Crippen LogP contribution < -0.4 is 0 Å². The number of rotatable bonds is 18. The Labute approximate surface area is 157 Å². The lowest BCUT2D eigenvalue weighted by molar-refractivity contribution is -0.104. The van der Waals surface area contributed by atoms with Crippen molar-refractivity contribution >= 4 is 11.6 Å². The summed E-state index contributed by atoms with van der Waals surface area (Å²) in [5.74, 6) is 0.783. The number of hydrogen-bond donors (Lipinski definition) is 0. The molecule has 1 fully saturated rings. The van der Waals surface area contributed by atoms with Gasteiger partial charge in [-0.25, -0.2) is 0 Å². The number of unbranched alkanes of at least 4 members (excludes halogenated alkanes) is 15. The topological polar surface area (TPSA) is 9.23 Å². The summed E-state index contributed by atoms with van der Waals surface area (Å²) >= 11 is 6.05. The first-order valence-electron chi connectivity index (χ1n) is 11.0. The first-order chi connectivity index (χ1) is 11.8. The third-order valence-electron chi connectivity index (χ3n) is 5.66. The molecule has 0 N–H and O–H groups in total. The van der Waals surface area contributed by atoms with Gasteiger partial charge in [0.05, 0.1) is 13.2 Å². The molecule has 0 amide bonds. The lowest BCUT2D eigenvalue weighted by atomic mass is 9.82. The summed E-state index contributed by atoms with van der Waals surface area (Å²) in [6.07, 6.45) is 24.3. The second-order valence-corrected chi connectivity index (χ2v) is 8.45. The van der Waals surface area contributed by atoms with Crippen LogP contribution >= 0.6 is 11.6 Å². The maximum Gasteiger partial charge on any atom is 0.0556 e. The molecule has 2 heteroatoms. The molecule has 1 heterocycles. The lowest BCUT2D eigenvalue weighted by Gasteiger charge is -2.40. The zero-order valence-electron chi connectivity index (χ0n) is 16.4. The summed E-state index contributed by atoms with van der Waals surface area (Å²) < 4.78 is 5.32. The third-order valence-corrected chi connectivity index (χ3v) is 6.23. The molecule has 0 spiro atoms. The van der Waals surface area contributed by atoms with E-state index < -0.39 is 0 Å². The molecule has 0 aromatic heterocycles. The molecule has 0 atom stereocenters. The van der Waals surface area contributed by atoms with Crippen molar-refractivity contribution in [1.29, 1.82) is 0 Å². The highest BCUT2D eigenvalue weighted by Crippen LogP contribution is 2.34. The number of hydrogen-bond acceptors (Lipinski definition) is 1. The van der Waals surface area contributed by atoms with Crippen LogP contribution in [0, 0.1) is 5.41 Å². The van der Waals surface area contributed by atoms with Crippen molar-refractivity contribution in [2.24, 2.45) is 5.41 Å². The number of alkyl halides is 1. The van der Waals surface area contributed by atoms with Crippen LogP contribution in [-0.2, 0) is 4.74 Å². The number of halogens is 1. The molecule has 0 bridgehead atoms. The van der Waals surface area contributed by atoms with Crippen molar-refractivity contribution in [2.45, 2.75) is 116 Å². The van der Waals surface area contributed by atoms with Crippen LogP contribution in [0.25, 0.3) is 0 Å². The van der Waals surface area contributed by atoms with E-state index in [9.17, 15) is 0 Å². The second-order valence-electron chi connectivity index (χ2n) is 8.18. The first-order valence-corrected chi connectivity index (χ1v) is 11.5. The van der Waals surface area contributed by atoms with E-state index in [2.05, 4.69) is 6.92 Å². The van der Waals surface area contributed by atoms with Gasteiger partial charge in [-0.05, 0) is 6.42 Å².